The van der Waals surface area contributed by atoms with Crippen molar-refractivity contribution >= 4 is 34.2 Å². The van der Waals surface area contributed by atoms with E-state index in [1.807, 2.05) is 13.8 Å². The lowest BCUT2D eigenvalue weighted by atomic mass is 10.1. The van der Waals surface area contributed by atoms with Crippen molar-refractivity contribution in [1.29, 1.82) is 0 Å². The average Bonchev–Trinajstić information content (AvgIpc) is 2.95. The monoisotopic (exact) mass is 391 g/mol. The van der Waals surface area contributed by atoms with E-state index in [-0.39, 0.29) is 12.3 Å². The molecule has 0 radical (unpaired) electrons. The van der Waals surface area contributed by atoms with Crippen LogP contribution in [0.5, 0.6) is 0 Å². The zero-order valence-electron chi connectivity index (χ0n) is 15.6. The van der Waals surface area contributed by atoms with Crippen molar-refractivity contribution in [3.63, 3.8) is 0 Å². The molecule has 9 heteroatoms. The van der Waals surface area contributed by atoms with Gasteiger partial charge in [0, 0.05) is 11.1 Å². The van der Waals surface area contributed by atoms with Crippen LogP contribution in [0.2, 0.25) is 0 Å². The number of esters is 2. The maximum Gasteiger partial charge on any atom is 0.359 e. The molecule has 0 spiro atoms. The Morgan fingerprint density at radius 2 is 1.81 bits per heavy atom. The number of hydrogen-bond acceptors (Lipinski definition) is 8. The zero-order valence-corrected chi connectivity index (χ0v) is 16.4. The number of nitrogens with one attached hydrogen (secondary N) is 1. The quantitative estimate of drug-likeness (QED) is 0.723. The summed E-state index contributed by atoms with van der Waals surface area (Å²) in [4.78, 5) is 45.1. The van der Waals surface area contributed by atoms with E-state index in [0.717, 1.165) is 16.9 Å². The van der Waals surface area contributed by atoms with Crippen molar-refractivity contribution in [2.45, 2.75) is 34.1 Å². The zero-order chi connectivity index (χ0) is 20.0. The van der Waals surface area contributed by atoms with E-state index in [1.54, 1.807) is 13.8 Å². The van der Waals surface area contributed by atoms with Gasteiger partial charge in [-0.15, -0.1) is 11.3 Å². The molecule has 0 unspecified atom stereocenters. The van der Waals surface area contributed by atoms with E-state index in [0.29, 0.717) is 16.3 Å². The van der Waals surface area contributed by atoms with Crippen LogP contribution in [0.1, 0.15) is 50.8 Å². The predicted molar refractivity (Wildman–Crippen MR) is 100 cm³/mol. The third-order valence-electron chi connectivity index (χ3n) is 3.62. The maximum atomic E-state index is 12.2. The van der Waals surface area contributed by atoms with Gasteiger partial charge in [0.15, 0.2) is 12.3 Å². The summed E-state index contributed by atoms with van der Waals surface area (Å²) in [5.74, 6) is -1.80. The molecule has 2 heterocycles. The van der Waals surface area contributed by atoms with Crippen molar-refractivity contribution in [2.75, 3.05) is 18.5 Å². The van der Waals surface area contributed by atoms with Crippen LogP contribution in [-0.2, 0) is 20.7 Å². The highest BCUT2D eigenvalue weighted by Gasteiger charge is 2.23. The van der Waals surface area contributed by atoms with Crippen molar-refractivity contribution < 1.29 is 23.9 Å². The summed E-state index contributed by atoms with van der Waals surface area (Å²) in [5, 5.41) is 3.01. The average molecular weight is 391 g/mol. The molecule has 0 aliphatic carbocycles. The minimum absolute atomic E-state index is 0.0147. The Bertz CT molecular complexity index is 845. The molecular formula is C18H21N3O5S. The first-order chi connectivity index (χ1) is 12.9. The Morgan fingerprint density at radius 3 is 2.41 bits per heavy atom. The predicted octanol–water partition coefficient (Wildman–Crippen LogP) is 2.69. The van der Waals surface area contributed by atoms with Crippen LogP contribution in [0.3, 0.4) is 0 Å². The van der Waals surface area contributed by atoms with Crippen molar-refractivity contribution in [3.8, 4) is 0 Å². The number of rotatable bonds is 7. The summed E-state index contributed by atoms with van der Waals surface area (Å²) < 4.78 is 10.0. The van der Waals surface area contributed by atoms with Gasteiger partial charge in [-0.1, -0.05) is 6.92 Å². The largest absolute Gasteiger partial charge is 0.462 e. The van der Waals surface area contributed by atoms with Gasteiger partial charge in [-0.05, 0) is 32.8 Å². The lowest BCUT2D eigenvalue weighted by molar-refractivity contribution is -0.119. The Labute approximate surface area is 160 Å². The van der Waals surface area contributed by atoms with E-state index >= 15 is 0 Å². The van der Waals surface area contributed by atoms with E-state index in [2.05, 4.69) is 15.3 Å². The molecule has 27 heavy (non-hydrogen) atoms. The van der Waals surface area contributed by atoms with Crippen LogP contribution in [0.15, 0.2) is 12.4 Å². The molecular weight excluding hydrogens is 370 g/mol. The van der Waals surface area contributed by atoms with Crippen molar-refractivity contribution in [2.24, 2.45) is 0 Å². The number of ether oxygens (including phenoxy) is 2. The Kier molecular flexibility index (Phi) is 7.00. The van der Waals surface area contributed by atoms with Gasteiger partial charge in [-0.3, -0.25) is 9.78 Å². The molecule has 144 valence electrons. The fourth-order valence-corrected chi connectivity index (χ4v) is 3.45. The van der Waals surface area contributed by atoms with Crippen LogP contribution in [0, 0.1) is 13.8 Å². The second-order valence-electron chi connectivity index (χ2n) is 5.60. The van der Waals surface area contributed by atoms with Gasteiger partial charge in [-0.2, -0.15) is 0 Å². The van der Waals surface area contributed by atoms with E-state index in [4.69, 9.17) is 9.47 Å². The molecule has 0 aliphatic rings. The standard InChI is InChI=1S/C18H21N3O5S/c1-5-13-11(4)15(18(24)25-6-2)16(27-13)21-14(22)9-26-17(23)12-8-19-10(3)7-20-12/h7-8H,5-6,9H2,1-4H3,(H,21,22). The third kappa shape index (κ3) is 5.10. The van der Waals surface area contributed by atoms with Gasteiger partial charge in [0.1, 0.15) is 5.00 Å². The molecule has 0 aliphatic heterocycles. The SMILES string of the molecule is CCOC(=O)c1c(NC(=O)COC(=O)c2cnc(C)cn2)sc(CC)c1C. The minimum atomic E-state index is -0.750. The first kappa shape index (κ1) is 20.5. The highest BCUT2D eigenvalue weighted by Crippen LogP contribution is 2.34. The fourth-order valence-electron chi connectivity index (χ4n) is 2.30. The Hall–Kier alpha value is -2.81. The van der Waals surface area contributed by atoms with Crippen LogP contribution >= 0.6 is 11.3 Å². The minimum Gasteiger partial charge on any atom is -0.462 e. The van der Waals surface area contributed by atoms with Gasteiger partial charge >= 0.3 is 11.9 Å². The molecule has 0 saturated heterocycles. The summed E-state index contributed by atoms with van der Waals surface area (Å²) in [6.07, 6.45) is 3.44. The molecule has 0 bridgehead atoms. The number of aromatic nitrogens is 2. The van der Waals surface area contributed by atoms with Gasteiger partial charge in [0.25, 0.3) is 5.91 Å². The lowest BCUT2D eigenvalue weighted by Gasteiger charge is -2.08. The number of carbonyl (C=O) groups is 3. The molecule has 0 atom stereocenters. The number of thiophene rings is 1. The second kappa shape index (κ2) is 9.22. The van der Waals surface area contributed by atoms with Gasteiger partial charge in [-0.25, -0.2) is 14.6 Å². The highest BCUT2D eigenvalue weighted by atomic mass is 32.1. The van der Waals surface area contributed by atoms with Crippen LogP contribution in [0.4, 0.5) is 5.00 Å². The highest BCUT2D eigenvalue weighted by molar-refractivity contribution is 7.17. The van der Waals surface area contributed by atoms with E-state index < -0.39 is 24.5 Å². The number of hydrogen-bond donors (Lipinski definition) is 1. The van der Waals surface area contributed by atoms with Crippen LogP contribution in [0.25, 0.3) is 0 Å². The van der Waals surface area contributed by atoms with Gasteiger partial charge in [0.2, 0.25) is 0 Å². The second-order valence-corrected chi connectivity index (χ2v) is 6.70. The molecule has 8 nitrogen and oxygen atoms in total. The van der Waals surface area contributed by atoms with Gasteiger partial charge in [0.05, 0.1) is 24.1 Å². The normalized spacial score (nSPS) is 10.4. The third-order valence-corrected chi connectivity index (χ3v) is 4.98. The molecule has 2 aromatic heterocycles. The summed E-state index contributed by atoms with van der Waals surface area (Å²) in [6.45, 7) is 6.96. The molecule has 0 saturated carbocycles. The smallest absolute Gasteiger partial charge is 0.359 e. The lowest BCUT2D eigenvalue weighted by Crippen LogP contribution is -2.22. The molecule has 0 fully saturated rings. The molecule has 1 amide bonds. The number of carbonyl (C=O) groups excluding carboxylic acids is 3. The Balaban J connectivity index is 2.05. The maximum absolute atomic E-state index is 12.2. The molecule has 2 aromatic rings. The summed E-state index contributed by atoms with van der Waals surface area (Å²) in [7, 11) is 0. The molecule has 2 rings (SSSR count). The first-order valence-electron chi connectivity index (χ1n) is 8.42. The number of amides is 1. The summed E-state index contributed by atoms with van der Waals surface area (Å²) in [5.41, 5.74) is 1.79. The van der Waals surface area contributed by atoms with Crippen LogP contribution in [-0.4, -0.2) is 41.0 Å². The van der Waals surface area contributed by atoms with Gasteiger partial charge < -0.3 is 14.8 Å². The topological polar surface area (TPSA) is 107 Å². The number of aryl methyl sites for hydroxylation is 2. The molecule has 0 aromatic carbocycles. The van der Waals surface area contributed by atoms with Crippen molar-refractivity contribution in [3.05, 3.63) is 39.8 Å². The summed E-state index contributed by atoms with van der Waals surface area (Å²) >= 11 is 1.31. The Morgan fingerprint density at radius 1 is 1.07 bits per heavy atom. The number of nitrogens with zero attached hydrogens (tertiary/aromatic N) is 2. The van der Waals surface area contributed by atoms with E-state index in [1.165, 1.54) is 23.7 Å². The molecule has 1 N–H and O–H groups in total. The van der Waals surface area contributed by atoms with Crippen LogP contribution < -0.4 is 5.32 Å². The first-order valence-corrected chi connectivity index (χ1v) is 9.23. The number of anilines is 1. The summed E-state index contributed by atoms with van der Waals surface area (Å²) in [6, 6.07) is 0. The van der Waals surface area contributed by atoms with E-state index in [9.17, 15) is 14.4 Å². The fraction of sp³-hybridized carbons (Fsp3) is 0.389. The van der Waals surface area contributed by atoms with Crippen molar-refractivity contribution in [1.82, 2.24) is 9.97 Å².